The first-order chi connectivity index (χ1) is 9.74. The number of aromatic nitrogens is 2. The standard InChI is InChI=1S/C15H22N4S/c1-4-11-7-6-10(3)19(11)13-12-8-9-20-14(12)18-15(17-13)16-5-2/h8-11H,4-7H2,1-3H3,(H,16,17,18). The first-order valence-electron chi connectivity index (χ1n) is 7.52. The van der Waals surface area contributed by atoms with Gasteiger partial charge in [0.25, 0.3) is 0 Å². The van der Waals surface area contributed by atoms with Crippen LogP contribution in [0.15, 0.2) is 11.4 Å². The molecule has 2 atom stereocenters. The summed E-state index contributed by atoms with van der Waals surface area (Å²) in [6, 6.07) is 3.33. The Morgan fingerprint density at radius 3 is 2.95 bits per heavy atom. The van der Waals surface area contributed by atoms with Gasteiger partial charge in [0, 0.05) is 18.6 Å². The van der Waals surface area contributed by atoms with E-state index in [1.807, 2.05) is 0 Å². The average Bonchev–Trinajstić information content (AvgIpc) is 3.04. The van der Waals surface area contributed by atoms with Crippen molar-refractivity contribution in [3.8, 4) is 0 Å². The number of fused-ring (bicyclic) bond motifs is 1. The lowest BCUT2D eigenvalue weighted by molar-refractivity contribution is 0.623. The highest BCUT2D eigenvalue weighted by Crippen LogP contribution is 2.36. The fraction of sp³-hybridized carbons (Fsp3) is 0.600. The lowest BCUT2D eigenvalue weighted by Crippen LogP contribution is -2.35. The van der Waals surface area contributed by atoms with E-state index >= 15 is 0 Å². The fourth-order valence-electron chi connectivity index (χ4n) is 3.13. The second-order valence-corrected chi connectivity index (χ2v) is 6.33. The van der Waals surface area contributed by atoms with Crippen molar-refractivity contribution in [3.63, 3.8) is 0 Å². The van der Waals surface area contributed by atoms with Crippen LogP contribution in [0.1, 0.15) is 40.0 Å². The van der Waals surface area contributed by atoms with E-state index in [0.29, 0.717) is 12.1 Å². The Bertz CT molecular complexity index is 595. The van der Waals surface area contributed by atoms with Crippen molar-refractivity contribution in [1.82, 2.24) is 9.97 Å². The van der Waals surface area contributed by atoms with Gasteiger partial charge in [-0.15, -0.1) is 11.3 Å². The largest absolute Gasteiger partial charge is 0.354 e. The van der Waals surface area contributed by atoms with Crippen molar-refractivity contribution in [1.29, 1.82) is 0 Å². The first-order valence-corrected chi connectivity index (χ1v) is 8.40. The zero-order chi connectivity index (χ0) is 14.1. The van der Waals surface area contributed by atoms with Gasteiger partial charge in [-0.05, 0) is 44.6 Å². The van der Waals surface area contributed by atoms with Gasteiger partial charge in [0.15, 0.2) is 0 Å². The second-order valence-electron chi connectivity index (χ2n) is 5.44. The van der Waals surface area contributed by atoms with Gasteiger partial charge in [0.2, 0.25) is 5.95 Å². The van der Waals surface area contributed by atoms with Crippen LogP contribution in [0, 0.1) is 0 Å². The molecule has 0 saturated carbocycles. The van der Waals surface area contributed by atoms with Crippen molar-refractivity contribution < 1.29 is 0 Å². The number of rotatable bonds is 4. The van der Waals surface area contributed by atoms with Crippen LogP contribution in [-0.4, -0.2) is 28.6 Å². The molecule has 20 heavy (non-hydrogen) atoms. The van der Waals surface area contributed by atoms with E-state index in [-0.39, 0.29) is 0 Å². The molecule has 2 aromatic heterocycles. The molecule has 0 radical (unpaired) electrons. The molecule has 1 fully saturated rings. The van der Waals surface area contributed by atoms with Crippen molar-refractivity contribution >= 4 is 33.3 Å². The molecule has 0 spiro atoms. The van der Waals surface area contributed by atoms with E-state index in [1.165, 1.54) is 24.6 Å². The zero-order valence-corrected chi connectivity index (χ0v) is 13.2. The molecule has 108 valence electrons. The normalized spacial score (nSPS) is 22.6. The maximum atomic E-state index is 4.80. The molecule has 0 bridgehead atoms. The van der Waals surface area contributed by atoms with Gasteiger partial charge in [-0.2, -0.15) is 4.98 Å². The van der Waals surface area contributed by atoms with Gasteiger partial charge in [-0.1, -0.05) is 6.92 Å². The molecule has 0 amide bonds. The minimum Gasteiger partial charge on any atom is -0.354 e. The van der Waals surface area contributed by atoms with Gasteiger partial charge >= 0.3 is 0 Å². The van der Waals surface area contributed by atoms with Crippen molar-refractivity contribution in [2.75, 3.05) is 16.8 Å². The van der Waals surface area contributed by atoms with Crippen LogP contribution >= 0.6 is 11.3 Å². The smallest absolute Gasteiger partial charge is 0.226 e. The van der Waals surface area contributed by atoms with E-state index in [4.69, 9.17) is 4.98 Å². The number of hydrogen-bond acceptors (Lipinski definition) is 5. The van der Waals surface area contributed by atoms with E-state index < -0.39 is 0 Å². The van der Waals surface area contributed by atoms with E-state index in [0.717, 1.165) is 23.1 Å². The van der Waals surface area contributed by atoms with Crippen LogP contribution in [0.25, 0.3) is 10.2 Å². The van der Waals surface area contributed by atoms with Crippen LogP contribution in [0.4, 0.5) is 11.8 Å². The van der Waals surface area contributed by atoms with Crippen LogP contribution in [0.3, 0.4) is 0 Å². The van der Waals surface area contributed by atoms with E-state index in [1.54, 1.807) is 11.3 Å². The predicted molar refractivity (Wildman–Crippen MR) is 86.8 cm³/mol. The quantitative estimate of drug-likeness (QED) is 0.927. The van der Waals surface area contributed by atoms with Gasteiger partial charge in [0.05, 0.1) is 5.39 Å². The molecule has 1 saturated heterocycles. The molecule has 2 unspecified atom stereocenters. The summed E-state index contributed by atoms with van der Waals surface area (Å²) in [5, 5.41) is 6.57. The lowest BCUT2D eigenvalue weighted by Gasteiger charge is -2.30. The minimum atomic E-state index is 0.562. The Morgan fingerprint density at radius 1 is 1.35 bits per heavy atom. The molecule has 4 nitrogen and oxygen atoms in total. The van der Waals surface area contributed by atoms with Crippen molar-refractivity contribution in [3.05, 3.63) is 11.4 Å². The third kappa shape index (κ3) is 2.24. The van der Waals surface area contributed by atoms with E-state index in [9.17, 15) is 0 Å². The summed E-state index contributed by atoms with van der Waals surface area (Å²) in [5.74, 6) is 1.87. The molecule has 1 N–H and O–H groups in total. The summed E-state index contributed by atoms with van der Waals surface area (Å²) < 4.78 is 0. The Labute approximate surface area is 124 Å². The van der Waals surface area contributed by atoms with Crippen LogP contribution in [0.5, 0.6) is 0 Å². The second kappa shape index (κ2) is 5.56. The molecule has 5 heteroatoms. The summed E-state index contributed by atoms with van der Waals surface area (Å²) in [6.45, 7) is 7.51. The Kier molecular flexibility index (Phi) is 3.78. The number of nitrogens with one attached hydrogen (secondary N) is 1. The third-order valence-electron chi connectivity index (χ3n) is 4.14. The Morgan fingerprint density at radius 2 is 2.20 bits per heavy atom. The Hall–Kier alpha value is -1.36. The summed E-state index contributed by atoms with van der Waals surface area (Å²) in [4.78, 5) is 13.0. The van der Waals surface area contributed by atoms with Crippen molar-refractivity contribution in [2.45, 2.75) is 52.1 Å². The maximum Gasteiger partial charge on any atom is 0.226 e. The highest BCUT2D eigenvalue weighted by Gasteiger charge is 2.32. The van der Waals surface area contributed by atoms with Crippen LogP contribution < -0.4 is 10.2 Å². The molecular weight excluding hydrogens is 268 g/mol. The zero-order valence-electron chi connectivity index (χ0n) is 12.4. The monoisotopic (exact) mass is 290 g/mol. The van der Waals surface area contributed by atoms with Gasteiger partial charge in [-0.3, -0.25) is 0 Å². The van der Waals surface area contributed by atoms with E-state index in [2.05, 4.69) is 47.4 Å². The molecule has 3 rings (SSSR count). The Balaban J connectivity index is 2.10. The van der Waals surface area contributed by atoms with Crippen molar-refractivity contribution in [2.24, 2.45) is 0 Å². The number of nitrogens with zero attached hydrogens (tertiary/aromatic N) is 3. The summed E-state index contributed by atoms with van der Waals surface area (Å²) >= 11 is 1.69. The van der Waals surface area contributed by atoms with Crippen LogP contribution in [0.2, 0.25) is 0 Å². The molecular formula is C15H22N4S. The highest BCUT2D eigenvalue weighted by molar-refractivity contribution is 7.16. The number of anilines is 2. The molecule has 1 aliphatic rings. The molecule has 0 aliphatic carbocycles. The first kappa shape index (κ1) is 13.6. The maximum absolute atomic E-state index is 4.80. The highest BCUT2D eigenvalue weighted by atomic mass is 32.1. The third-order valence-corrected chi connectivity index (χ3v) is 4.95. The predicted octanol–water partition coefficient (Wildman–Crippen LogP) is 3.89. The molecule has 0 aromatic carbocycles. The minimum absolute atomic E-state index is 0.562. The SMILES string of the molecule is CCNc1nc(N2C(C)CCC2CC)c2ccsc2n1. The molecule has 1 aliphatic heterocycles. The van der Waals surface area contributed by atoms with Gasteiger partial charge < -0.3 is 10.2 Å². The topological polar surface area (TPSA) is 41.1 Å². The average molecular weight is 290 g/mol. The summed E-state index contributed by atoms with van der Waals surface area (Å²) in [7, 11) is 0. The molecule has 2 aromatic rings. The van der Waals surface area contributed by atoms with Crippen LogP contribution in [-0.2, 0) is 0 Å². The summed E-state index contributed by atoms with van der Waals surface area (Å²) in [5.41, 5.74) is 0. The lowest BCUT2D eigenvalue weighted by atomic mass is 10.1. The fourth-order valence-corrected chi connectivity index (χ4v) is 3.89. The van der Waals surface area contributed by atoms with Gasteiger partial charge in [-0.25, -0.2) is 4.98 Å². The van der Waals surface area contributed by atoms with Gasteiger partial charge in [0.1, 0.15) is 10.6 Å². The number of thiophene rings is 1. The number of hydrogen-bond donors (Lipinski definition) is 1. The summed E-state index contributed by atoms with van der Waals surface area (Å²) in [6.07, 6.45) is 3.70. The molecule has 3 heterocycles.